The van der Waals surface area contributed by atoms with Gasteiger partial charge in [0.2, 0.25) is 11.8 Å². The fourth-order valence-corrected chi connectivity index (χ4v) is 3.63. The first-order valence-corrected chi connectivity index (χ1v) is 9.15. The van der Waals surface area contributed by atoms with Crippen LogP contribution in [0.25, 0.3) is 17.1 Å². The summed E-state index contributed by atoms with van der Waals surface area (Å²) >= 11 is 1.52. The summed E-state index contributed by atoms with van der Waals surface area (Å²) < 4.78 is 7.80. The molecular formula is C18H18N6OS. The molecule has 0 aliphatic heterocycles. The average molecular weight is 366 g/mol. The molecule has 8 heteroatoms. The second-order valence-electron chi connectivity index (χ2n) is 6.19. The van der Waals surface area contributed by atoms with Gasteiger partial charge in [0.1, 0.15) is 5.82 Å². The molecule has 3 aromatic heterocycles. The zero-order chi connectivity index (χ0) is 18.3. The van der Waals surface area contributed by atoms with Crippen molar-refractivity contribution in [2.75, 3.05) is 0 Å². The Morgan fingerprint density at radius 2 is 1.77 bits per heavy atom. The van der Waals surface area contributed by atoms with E-state index in [9.17, 15) is 0 Å². The van der Waals surface area contributed by atoms with E-state index >= 15 is 0 Å². The van der Waals surface area contributed by atoms with E-state index < -0.39 is 0 Å². The summed E-state index contributed by atoms with van der Waals surface area (Å²) in [5.41, 5.74) is 3.81. The number of hydrogen-bond acceptors (Lipinski definition) is 7. The van der Waals surface area contributed by atoms with E-state index in [2.05, 4.69) is 25.4 Å². The summed E-state index contributed by atoms with van der Waals surface area (Å²) in [4.78, 5) is 4.48. The van der Waals surface area contributed by atoms with Gasteiger partial charge in [0, 0.05) is 17.3 Å². The molecule has 7 nitrogen and oxygen atoms in total. The minimum atomic E-state index is -0.0604. The number of rotatable bonds is 4. The predicted octanol–water partition coefficient (Wildman–Crippen LogP) is 3.95. The molecule has 4 aromatic rings. The van der Waals surface area contributed by atoms with Gasteiger partial charge in [-0.15, -0.1) is 20.4 Å². The molecule has 0 saturated heterocycles. The maximum absolute atomic E-state index is 5.87. The standard InChI is InChI=1S/C18H18N6OS/c1-10-5-7-14(8-6-10)17-22-21-16(25-17)12(3)26-18-23-20-15-9-11(2)19-13(4)24(15)18/h5-9,12H,1-4H3. The highest BCUT2D eigenvalue weighted by Crippen LogP contribution is 2.34. The van der Waals surface area contributed by atoms with E-state index in [1.165, 1.54) is 17.3 Å². The Kier molecular flexibility index (Phi) is 4.20. The molecule has 0 spiro atoms. The molecule has 132 valence electrons. The third kappa shape index (κ3) is 3.08. The zero-order valence-corrected chi connectivity index (χ0v) is 15.8. The van der Waals surface area contributed by atoms with E-state index in [-0.39, 0.29) is 5.25 Å². The highest BCUT2D eigenvalue weighted by atomic mass is 32.2. The minimum absolute atomic E-state index is 0.0604. The number of fused-ring (bicyclic) bond motifs is 1. The quantitative estimate of drug-likeness (QED) is 0.506. The first-order valence-electron chi connectivity index (χ1n) is 8.28. The second kappa shape index (κ2) is 6.53. The molecule has 1 aromatic carbocycles. The van der Waals surface area contributed by atoms with Crippen LogP contribution in [-0.4, -0.2) is 29.8 Å². The van der Waals surface area contributed by atoms with Crippen molar-refractivity contribution in [3.63, 3.8) is 0 Å². The molecule has 0 amide bonds. The van der Waals surface area contributed by atoms with Crippen LogP contribution in [0.5, 0.6) is 0 Å². The van der Waals surface area contributed by atoms with Gasteiger partial charge in [-0.25, -0.2) is 4.98 Å². The SMILES string of the molecule is Cc1ccc(-c2nnc(C(C)Sc3nnc4cc(C)nc(C)n34)o2)cc1. The Balaban J connectivity index is 1.59. The van der Waals surface area contributed by atoms with Crippen molar-refractivity contribution in [2.45, 2.75) is 38.1 Å². The summed E-state index contributed by atoms with van der Waals surface area (Å²) in [6.45, 7) is 7.94. The van der Waals surface area contributed by atoms with Crippen LogP contribution in [0.3, 0.4) is 0 Å². The fourth-order valence-electron chi connectivity index (χ4n) is 2.70. The Hall–Kier alpha value is -2.74. The van der Waals surface area contributed by atoms with Gasteiger partial charge in [-0.2, -0.15) is 0 Å². The van der Waals surface area contributed by atoms with E-state index in [0.29, 0.717) is 11.8 Å². The summed E-state index contributed by atoms with van der Waals surface area (Å²) in [5, 5.41) is 17.6. The highest BCUT2D eigenvalue weighted by Gasteiger charge is 2.20. The molecule has 26 heavy (non-hydrogen) atoms. The van der Waals surface area contributed by atoms with Gasteiger partial charge in [-0.05, 0) is 39.8 Å². The monoisotopic (exact) mass is 366 g/mol. The summed E-state index contributed by atoms with van der Waals surface area (Å²) in [6, 6.07) is 9.92. The van der Waals surface area contributed by atoms with Gasteiger partial charge in [0.15, 0.2) is 10.8 Å². The molecule has 1 unspecified atom stereocenters. The van der Waals surface area contributed by atoms with Crippen LogP contribution < -0.4 is 0 Å². The lowest BCUT2D eigenvalue weighted by Gasteiger charge is -2.07. The Bertz CT molecular complexity index is 1070. The van der Waals surface area contributed by atoms with Crippen LogP contribution in [-0.2, 0) is 0 Å². The van der Waals surface area contributed by atoms with E-state index in [4.69, 9.17) is 4.42 Å². The van der Waals surface area contributed by atoms with Gasteiger partial charge in [0.25, 0.3) is 0 Å². The van der Waals surface area contributed by atoms with Crippen molar-refractivity contribution in [1.29, 1.82) is 0 Å². The molecule has 0 fully saturated rings. The van der Waals surface area contributed by atoms with Gasteiger partial charge in [-0.3, -0.25) is 4.40 Å². The molecular weight excluding hydrogens is 348 g/mol. The van der Waals surface area contributed by atoms with Crippen LogP contribution >= 0.6 is 11.8 Å². The van der Waals surface area contributed by atoms with Crippen LogP contribution in [0.2, 0.25) is 0 Å². The largest absolute Gasteiger partial charge is 0.419 e. The number of aromatic nitrogens is 6. The number of aryl methyl sites for hydroxylation is 3. The van der Waals surface area contributed by atoms with Crippen molar-refractivity contribution < 1.29 is 4.42 Å². The first kappa shape index (κ1) is 16.7. The van der Waals surface area contributed by atoms with Gasteiger partial charge < -0.3 is 4.42 Å². The lowest BCUT2D eigenvalue weighted by molar-refractivity contribution is 0.509. The molecule has 0 N–H and O–H groups in total. The predicted molar refractivity (Wildman–Crippen MR) is 99.0 cm³/mol. The lowest BCUT2D eigenvalue weighted by Crippen LogP contribution is -2.00. The summed E-state index contributed by atoms with van der Waals surface area (Å²) in [6.07, 6.45) is 0. The molecule has 0 bridgehead atoms. The fraction of sp³-hybridized carbons (Fsp3) is 0.278. The van der Waals surface area contributed by atoms with Crippen LogP contribution in [0.1, 0.15) is 35.1 Å². The summed E-state index contributed by atoms with van der Waals surface area (Å²) in [5.74, 6) is 1.93. The van der Waals surface area contributed by atoms with Crippen molar-refractivity contribution in [3.05, 3.63) is 53.3 Å². The molecule has 0 saturated carbocycles. The zero-order valence-electron chi connectivity index (χ0n) is 15.0. The van der Waals surface area contributed by atoms with E-state index in [0.717, 1.165) is 27.9 Å². The molecule has 3 heterocycles. The first-order chi connectivity index (χ1) is 12.5. The third-order valence-electron chi connectivity index (χ3n) is 4.03. The number of hydrogen-bond donors (Lipinski definition) is 0. The van der Waals surface area contributed by atoms with Crippen molar-refractivity contribution in [3.8, 4) is 11.5 Å². The number of thioether (sulfide) groups is 1. The van der Waals surface area contributed by atoms with Crippen molar-refractivity contribution in [1.82, 2.24) is 29.8 Å². The van der Waals surface area contributed by atoms with E-state index in [1.54, 1.807) is 0 Å². The third-order valence-corrected chi connectivity index (χ3v) is 5.06. The maximum atomic E-state index is 5.87. The molecule has 0 aliphatic carbocycles. The molecule has 0 radical (unpaired) electrons. The van der Waals surface area contributed by atoms with Crippen LogP contribution in [0.4, 0.5) is 0 Å². The summed E-state index contributed by atoms with van der Waals surface area (Å²) in [7, 11) is 0. The van der Waals surface area contributed by atoms with Gasteiger partial charge >= 0.3 is 0 Å². The lowest BCUT2D eigenvalue weighted by atomic mass is 10.1. The normalized spacial score (nSPS) is 12.6. The minimum Gasteiger partial charge on any atom is -0.419 e. The smallest absolute Gasteiger partial charge is 0.247 e. The molecule has 0 aliphatic rings. The molecule has 4 rings (SSSR count). The van der Waals surface area contributed by atoms with Gasteiger partial charge in [-0.1, -0.05) is 29.5 Å². The molecule has 1 atom stereocenters. The number of nitrogens with zero attached hydrogens (tertiary/aromatic N) is 6. The van der Waals surface area contributed by atoms with Gasteiger partial charge in [0.05, 0.1) is 5.25 Å². The Morgan fingerprint density at radius 1 is 1.00 bits per heavy atom. The Morgan fingerprint density at radius 3 is 2.54 bits per heavy atom. The topological polar surface area (TPSA) is 82.0 Å². The van der Waals surface area contributed by atoms with Crippen LogP contribution in [0.15, 0.2) is 39.9 Å². The average Bonchev–Trinajstić information content (AvgIpc) is 3.23. The van der Waals surface area contributed by atoms with Crippen molar-refractivity contribution in [2.24, 2.45) is 0 Å². The second-order valence-corrected chi connectivity index (χ2v) is 7.50. The van der Waals surface area contributed by atoms with Crippen molar-refractivity contribution >= 4 is 17.4 Å². The van der Waals surface area contributed by atoms with Crippen LogP contribution in [0, 0.1) is 20.8 Å². The number of benzene rings is 1. The Labute approximate surface area is 154 Å². The maximum Gasteiger partial charge on any atom is 0.247 e. The van der Waals surface area contributed by atoms with E-state index in [1.807, 2.05) is 62.4 Å². The highest BCUT2D eigenvalue weighted by molar-refractivity contribution is 7.99.